The molecule has 172 valence electrons. The van der Waals surface area contributed by atoms with Crippen LogP contribution in [0.4, 0.5) is 0 Å². The molecule has 8 heteroatoms. The van der Waals surface area contributed by atoms with Gasteiger partial charge in [-0.15, -0.1) is 0 Å². The summed E-state index contributed by atoms with van der Waals surface area (Å²) in [5.74, 6) is 0.409. The minimum absolute atomic E-state index is 0.153. The Morgan fingerprint density at radius 2 is 1.85 bits per heavy atom. The number of benzene rings is 3. The summed E-state index contributed by atoms with van der Waals surface area (Å²) in [6, 6.07) is 18.9. The van der Waals surface area contributed by atoms with Crippen LogP contribution in [-0.4, -0.2) is 31.6 Å². The van der Waals surface area contributed by atoms with E-state index in [9.17, 15) is 9.59 Å². The third kappa shape index (κ3) is 5.35. The number of aliphatic imine (C=N–C) groups is 1. The van der Waals surface area contributed by atoms with Gasteiger partial charge in [0.15, 0.2) is 17.2 Å². The first kappa shape index (κ1) is 23.3. The van der Waals surface area contributed by atoms with Crippen LogP contribution in [0.3, 0.4) is 0 Å². The lowest BCUT2D eigenvalue weighted by Crippen LogP contribution is -2.09. The normalized spacial score (nSPS) is 13.9. The highest BCUT2D eigenvalue weighted by Crippen LogP contribution is 2.31. The number of hydrogen-bond acceptors (Lipinski definition) is 7. The van der Waals surface area contributed by atoms with Gasteiger partial charge in [-0.05, 0) is 73.2 Å². The minimum Gasteiger partial charge on any atom is -0.497 e. The fourth-order valence-electron chi connectivity index (χ4n) is 3.16. The summed E-state index contributed by atoms with van der Waals surface area (Å²) in [5, 5.41) is 0. The van der Waals surface area contributed by atoms with Gasteiger partial charge in [0.1, 0.15) is 5.75 Å². The smallest absolute Gasteiger partial charge is 0.363 e. The molecule has 34 heavy (non-hydrogen) atoms. The number of ether oxygens (including phenoxy) is 4. The molecule has 1 aliphatic heterocycles. The van der Waals surface area contributed by atoms with Crippen molar-refractivity contribution >= 4 is 39.8 Å². The van der Waals surface area contributed by atoms with Crippen molar-refractivity contribution in [1.82, 2.24) is 0 Å². The van der Waals surface area contributed by atoms with Crippen molar-refractivity contribution in [3.8, 4) is 17.2 Å². The molecule has 0 aliphatic carbocycles. The molecule has 0 fully saturated rings. The molecule has 0 unspecified atom stereocenters. The maximum Gasteiger partial charge on any atom is 0.363 e. The Balaban J connectivity index is 1.57. The van der Waals surface area contributed by atoms with Crippen molar-refractivity contribution in [3.63, 3.8) is 0 Å². The van der Waals surface area contributed by atoms with Crippen molar-refractivity contribution in [1.29, 1.82) is 0 Å². The van der Waals surface area contributed by atoms with E-state index in [-0.39, 0.29) is 17.3 Å². The van der Waals surface area contributed by atoms with Gasteiger partial charge >= 0.3 is 11.9 Å². The molecule has 0 spiro atoms. The summed E-state index contributed by atoms with van der Waals surface area (Å²) >= 11 is 3.40. The molecule has 3 aromatic rings. The predicted molar refractivity (Wildman–Crippen MR) is 130 cm³/mol. The highest BCUT2D eigenvalue weighted by atomic mass is 79.9. The van der Waals surface area contributed by atoms with Crippen molar-refractivity contribution < 1.29 is 28.5 Å². The fourth-order valence-corrected chi connectivity index (χ4v) is 3.56. The van der Waals surface area contributed by atoms with Crippen LogP contribution < -0.4 is 14.2 Å². The molecule has 0 bridgehead atoms. The lowest BCUT2D eigenvalue weighted by molar-refractivity contribution is -0.129. The van der Waals surface area contributed by atoms with Crippen LogP contribution in [0.1, 0.15) is 28.4 Å². The van der Waals surface area contributed by atoms with E-state index < -0.39 is 11.9 Å². The van der Waals surface area contributed by atoms with Crippen LogP contribution in [-0.2, 0) is 9.53 Å². The third-order valence-corrected chi connectivity index (χ3v) is 5.28. The lowest BCUT2D eigenvalue weighted by atomic mass is 10.1. The number of carbonyl (C=O) groups excluding carboxylic acids is 2. The zero-order valence-corrected chi connectivity index (χ0v) is 20.0. The average molecular weight is 522 g/mol. The molecule has 7 nitrogen and oxygen atoms in total. The van der Waals surface area contributed by atoms with Crippen LogP contribution in [0.15, 0.2) is 81.9 Å². The van der Waals surface area contributed by atoms with E-state index in [1.165, 1.54) is 0 Å². The number of nitrogens with zero attached hydrogens (tertiary/aromatic N) is 1. The van der Waals surface area contributed by atoms with Crippen molar-refractivity contribution in [2.75, 3.05) is 13.7 Å². The summed E-state index contributed by atoms with van der Waals surface area (Å²) in [5.41, 5.74) is 1.85. The Kier molecular flexibility index (Phi) is 7.08. The highest BCUT2D eigenvalue weighted by Gasteiger charge is 2.24. The molecular formula is C26H20BrNO6. The summed E-state index contributed by atoms with van der Waals surface area (Å²) in [6.45, 7) is 2.18. The largest absolute Gasteiger partial charge is 0.497 e. The molecule has 0 N–H and O–H groups in total. The quantitative estimate of drug-likeness (QED) is 0.234. The molecule has 1 heterocycles. The second kappa shape index (κ2) is 10.4. The molecule has 0 atom stereocenters. The Bertz CT molecular complexity index is 1300. The average Bonchev–Trinajstić information content (AvgIpc) is 3.21. The van der Waals surface area contributed by atoms with E-state index in [1.54, 1.807) is 61.7 Å². The molecule has 4 rings (SSSR count). The van der Waals surface area contributed by atoms with E-state index in [0.29, 0.717) is 34.8 Å². The zero-order chi connectivity index (χ0) is 24.1. The Labute approximate surface area is 204 Å². The van der Waals surface area contributed by atoms with Crippen LogP contribution in [0.5, 0.6) is 17.2 Å². The second-order valence-corrected chi connectivity index (χ2v) is 8.02. The molecular weight excluding hydrogens is 502 g/mol. The standard InChI is InChI=1S/C26H20BrNO6/c1-3-32-23-14-16(7-12-22(23)33-25(29)17-8-10-20(31-2)11-9-17)13-21-26(30)34-24(28-21)18-5-4-6-19(27)15-18/h4-15H,3H2,1-2H3/b21-13-. The van der Waals surface area contributed by atoms with Crippen molar-refractivity contribution in [3.05, 3.63) is 93.6 Å². The van der Waals surface area contributed by atoms with Gasteiger partial charge in [0.25, 0.3) is 0 Å². The molecule has 0 aromatic heterocycles. The Morgan fingerprint density at radius 3 is 2.56 bits per heavy atom. The van der Waals surface area contributed by atoms with Gasteiger partial charge in [-0.3, -0.25) is 0 Å². The van der Waals surface area contributed by atoms with Gasteiger partial charge in [-0.2, -0.15) is 0 Å². The summed E-state index contributed by atoms with van der Waals surface area (Å²) in [7, 11) is 1.55. The van der Waals surface area contributed by atoms with E-state index in [4.69, 9.17) is 18.9 Å². The summed E-state index contributed by atoms with van der Waals surface area (Å²) in [4.78, 5) is 29.2. The molecule has 0 radical (unpaired) electrons. The molecule has 0 saturated carbocycles. The number of hydrogen-bond donors (Lipinski definition) is 0. The van der Waals surface area contributed by atoms with E-state index in [0.717, 1.165) is 4.47 Å². The van der Waals surface area contributed by atoms with Gasteiger partial charge in [0.2, 0.25) is 5.90 Å². The molecule has 0 amide bonds. The lowest BCUT2D eigenvalue weighted by Gasteiger charge is -2.11. The van der Waals surface area contributed by atoms with Gasteiger partial charge in [-0.1, -0.05) is 28.1 Å². The summed E-state index contributed by atoms with van der Waals surface area (Å²) in [6.07, 6.45) is 1.59. The molecule has 1 aliphatic rings. The van der Waals surface area contributed by atoms with Crippen LogP contribution in [0.2, 0.25) is 0 Å². The van der Waals surface area contributed by atoms with Gasteiger partial charge < -0.3 is 18.9 Å². The van der Waals surface area contributed by atoms with Gasteiger partial charge in [0.05, 0.1) is 19.3 Å². The number of halogens is 1. The zero-order valence-electron chi connectivity index (χ0n) is 18.4. The number of methoxy groups -OCH3 is 1. The van der Waals surface area contributed by atoms with Gasteiger partial charge in [0, 0.05) is 10.0 Å². The maximum atomic E-state index is 12.6. The number of rotatable bonds is 7. The highest BCUT2D eigenvalue weighted by molar-refractivity contribution is 9.10. The molecule has 0 saturated heterocycles. The number of cyclic esters (lactones) is 1. The first-order valence-corrected chi connectivity index (χ1v) is 11.2. The van der Waals surface area contributed by atoms with E-state index >= 15 is 0 Å². The van der Waals surface area contributed by atoms with Crippen LogP contribution >= 0.6 is 15.9 Å². The van der Waals surface area contributed by atoms with Crippen LogP contribution in [0.25, 0.3) is 6.08 Å². The summed E-state index contributed by atoms with van der Waals surface area (Å²) < 4.78 is 22.5. The van der Waals surface area contributed by atoms with Crippen molar-refractivity contribution in [2.45, 2.75) is 6.92 Å². The third-order valence-electron chi connectivity index (χ3n) is 4.79. The molecule has 3 aromatic carbocycles. The first-order chi connectivity index (χ1) is 16.5. The number of carbonyl (C=O) groups is 2. The van der Waals surface area contributed by atoms with Crippen molar-refractivity contribution in [2.24, 2.45) is 4.99 Å². The minimum atomic E-state index is -0.553. The maximum absolute atomic E-state index is 12.6. The van der Waals surface area contributed by atoms with E-state index in [2.05, 4.69) is 20.9 Å². The first-order valence-electron chi connectivity index (χ1n) is 10.4. The Hall–Kier alpha value is -3.91. The number of esters is 2. The SMILES string of the molecule is CCOc1cc(/C=C2\N=C(c3cccc(Br)c3)OC2=O)ccc1OC(=O)c1ccc(OC)cc1. The van der Waals surface area contributed by atoms with Gasteiger partial charge in [-0.25, -0.2) is 14.6 Å². The van der Waals surface area contributed by atoms with E-state index in [1.807, 2.05) is 25.1 Å². The fraction of sp³-hybridized carbons (Fsp3) is 0.115. The second-order valence-electron chi connectivity index (χ2n) is 7.10. The predicted octanol–water partition coefficient (Wildman–Crippen LogP) is 5.42. The topological polar surface area (TPSA) is 83.4 Å². The van der Waals surface area contributed by atoms with Crippen LogP contribution in [0, 0.1) is 0 Å². The monoisotopic (exact) mass is 521 g/mol. The Morgan fingerprint density at radius 1 is 1.06 bits per heavy atom.